The second-order valence-electron chi connectivity index (χ2n) is 6.73. The molecular formula is C18H18ClNO2. The number of Topliss-reactive ketones (excluding diaryl/α,β-unsaturated/α-hetero) is 1. The SMILES string of the molecule is CC1(C)CC(=O)c2cc(Cc3ccccc3Cl)c(=O)[nH]c2C1. The van der Waals surface area contributed by atoms with E-state index in [1.165, 1.54) is 0 Å². The molecule has 4 heteroatoms. The van der Waals surface area contributed by atoms with Crippen molar-refractivity contribution in [3.8, 4) is 0 Å². The summed E-state index contributed by atoms with van der Waals surface area (Å²) >= 11 is 6.16. The summed E-state index contributed by atoms with van der Waals surface area (Å²) in [5.41, 5.74) is 2.65. The third-order valence-corrected chi connectivity index (χ3v) is 4.50. The van der Waals surface area contributed by atoms with Crippen LogP contribution in [0.25, 0.3) is 0 Å². The maximum Gasteiger partial charge on any atom is 0.251 e. The Hall–Kier alpha value is -1.87. The number of aromatic amines is 1. The molecule has 0 aliphatic heterocycles. The number of hydrogen-bond acceptors (Lipinski definition) is 2. The van der Waals surface area contributed by atoms with Crippen LogP contribution >= 0.6 is 11.6 Å². The van der Waals surface area contributed by atoms with Gasteiger partial charge in [0.15, 0.2) is 5.78 Å². The van der Waals surface area contributed by atoms with Crippen molar-refractivity contribution in [3.63, 3.8) is 0 Å². The van der Waals surface area contributed by atoms with Gasteiger partial charge in [0.25, 0.3) is 5.56 Å². The molecule has 1 aliphatic rings. The van der Waals surface area contributed by atoms with Gasteiger partial charge in [0.2, 0.25) is 0 Å². The van der Waals surface area contributed by atoms with Crippen molar-refractivity contribution >= 4 is 17.4 Å². The number of H-pyrrole nitrogens is 1. The fourth-order valence-electron chi connectivity index (χ4n) is 3.05. The predicted octanol–water partition coefficient (Wildman–Crippen LogP) is 3.77. The number of fused-ring (bicyclic) bond motifs is 1. The molecule has 0 spiro atoms. The molecule has 1 N–H and O–H groups in total. The monoisotopic (exact) mass is 315 g/mol. The number of halogens is 1. The van der Waals surface area contributed by atoms with Crippen LogP contribution in [0.2, 0.25) is 5.02 Å². The minimum Gasteiger partial charge on any atom is -0.325 e. The van der Waals surface area contributed by atoms with Crippen molar-refractivity contribution in [2.45, 2.75) is 33.1 Å². The molecule has 0 radical (unpaired) electrons. The number of carbonyl (C=O) groups excluding carboxylic acids is 1. The summed E-state index contributed by atoms with van der Waals surface area (Å²) in [4.78, 5) is 27.6. The van der Waals surface area contributed by atoms with Gasteiger partial charge in [-0.05, 0) is 29.5 Å². The number of nitrogens with one attached hydrogen (secondary N) is 1. The molecule has 1 heterocycles. The summed E-state index contributed by atoms with van der Waals surface area (Å²) in [6.45, 7) is 4.09. The lowest BCUT2D eigenvalue weighted by Crippen LogP contribution is -2.31. The Morgan fingerprint density at radius 3 is 2.59 bits per heavy atom. The lowest BCUT2D eigenvalue weighted by Gasteiger charge is -2.29. The van der Waals surface area contributed by atoms with Crippen LogP contribution in [-0.2, 0) is 12.8 Å². The number of carbonyl (C=O) groups is 1. The van der Waals surface area contributed by atoms with Gasteiger partial charge in [-0.3, -0.25) is 9.59 Å². The van der Waals surface area contributed by atoms with E-state index in [1.54, 1.807) is 12.1 Å². The van der Waals surface area contributed by atoms with Crippen LogP contribution in [0.15, 0.2) is 35.1 Å². The predicted molar refractivity (Wildman–Crippen MR) is 87.8 cm³/mol. The number of aromatic nitrogens is 1. The third-order valence-electron chi connectivity index (χ3n) is 4.13. The van der Waals surface area contributed by atoms with E-state index in [9.17, 15) is 9.59 Å². The lowest BCUT2D eigenvalue weighted by molar-refractivity contribution is 0.0910. The molecule has 0 fully saturated rings. The van der Waals surface area contributed by atoms with Gasteiger partial charge in [0.05, 0.1) is 0 Å². The van der Waals surface area contributed by atoms with Gasteiger partial charge in [0, 0.05) is 34.7 Å². The van der Waals surface area contributed by atoms with Gasteiger partial charge in [-0.25, -0.2) is 0 Å². The zero-order valence-electron chi connectivity index (χ0n) is 12.7. The molecule has 0 bridgehead atoms. The van der Waals surface area contributed by atoms with Crippen molar-refractivity contribution < 1.29 is 4.79 Å². The highest BCUT2D eigenvalue weighted by molar-refractivity contribution is 6.31. The topological polar surface area (TPSA) is 49.9 Å². The average molecular weight is 316 g/mol. The van der Waals surface area contributed by atoms with Gasteiger partial charge >= 0.3 is 0 Å². The van der Waals surface area contributed by atoms with E-state index in [0.29, 0.717) is 29.0 Å². The van der Waals surface area contributed by atoms with E-state index < -0.39 is 0 Å². The summed E-state index contributed by atoms with van der Waals surface area (Å²) in [7, 11) is 0. The van der Waals surface area contributed by atoms with Crippen LogP contribution < -0.4 is 5.56 Å². The van der Waals surface area contributed by atoms with E-state index in [1.807, 2.05) is 32.0 Å². The smallest absolute Gasteiger partial charge is 0.251 e. The van der Waals surface area contributed by atoms with Crippen molar-refractivity contribution in [1.82, 2.24) is 4.98 Å². The largest absolute Gasteiger partial charge is 0.325 e. The van der Waals surface area contributed by atoms with Crippen LogP contribution in [0.1, 0.15) is 47.4 Å². The third kappa shape index (κ3) is 2.86. The maximum absolute atomic E-state index is 12.3. The summed E-state index contributed by atoms with van der Waals surface area (Å²) in [5.74, 6) is 0.0999. The Balaban J connectivity index is 2.02. The molecule has 0 atom stereocenters. The molecule has 0 unspecified atom stereocenters. The minimum atomic E-state index is -0.135. The molecular weight excluding hydrogens is 298 g/mol. The van der Waals surface area contributed by atoms with Crippen molar-refractivity contribution in [2.75, 3.05) is 0 Å². The highest BCUT2D eigenvalue weighted by Crippen LogP contribution is 2.33. The molecule has 0 amide bonds. The lowest BCUT2D eigenvalue weighted by atomic mass is 9.75. The number of pyridine rings is 1. The molecule has 2 aromatic rings. The molecule has 1 aromatic carbocycles. The van der Waals surface area contributed by atoms with Crippen molar-refractivity contribution in [1.29, 1.82) is 0 Å². The maximum atomic E-state index is 12.3. The summed E-state index contributed by atoms with van der Waals surface area (Å²) < 4.78 is 0. The van der Waals surface area contributed by atoms with Crippen LogP contribution in [0.4, 0.5) is 0 Å². The van der Waals surface area contributed by atoms with Crippen LogP contribution in [-0.4, -0.2) is 10.8 Å². The second kappa shape index (κ2) is 5.40. The van der Waals surface area contributed by atoms with Crippen molar-refractivity contribution in [3.05, 3.63) is 68.1 Å². The minimum absolute atomic E-state index is 0.0999. The second-order valence-corrected chi connectivity index (χ2v) is 7.13. The quantitative estimate of drug-likeness (QED) is 0.917. The fraction of sp³-hybridized carbons (Fsp3) is 0.333. The van der Waals surface area contributed by atoms with E-state index in [2.05, 4.69) is 4.98 Å². The van der Waals surface area contributed by atoms with Crippen molar-refractivity contribution in [2.24, 2.45) is 5.41 Å². The summed E-state index contributed by atoms with van der Waals surface area (Å²) in [6, 6.07) is 9.19. The summed E-state index contributed by atoms with van der Waals surface area (Å²) in [6.07, 6.45) is 1.66. The summed E-state index contributed by atoms with van der Waals surface area (Å²) in [5, 5.41) is 0.632. The first kappa shape index (κ1) is 15.0. The molecule has 1 aliphatic carbocycles. The molecule has 3 nitrogen and oxygen atoms in total. The Kier molecular flexibility index (Phi) is 3.69. The van der Waals surface area contributed by atoms with Gasteiger partial charge in [-0.1, -0.05) is 43.6 Å². The van der Waals surface area contributed by atoms with Gasteiger partial charge in [-0.15, -0.1) is 0 Å². The van der Waals surface area contributed by atoms with Gasteiger partial charge in [-0.2, -0.15) is 0 Å². The normalized spacial score (nSPS) is 16.4. The highest BCUT2D eigenvalue weighted by Gasteiger charge is 2.32. The van der Waals surface area contributed by atoms with E-state index in [-0.39, 0.29) is 16.8 Å². The van der Waals surface area contributed by atoms with Crippen LogP contribution in [0.5, 0.6) is 0 Å². The number of ketones is 1. The Bertz CT molecular complexity index is 805. The Morgan fingerprint density at radius 2 is 1.86 bits per heavy atom. The first-order valence-electron chi connectivity index (χ1n) is 7.37. The fourth-order valence-corrected chi connectivity index (χ4v) is 3.25. The number of rotatable bonds is 2. The molecule has 0 saturated carbocycles. The van der Waals surface area contributed by atoms with Gasteiger partial charge in [0.1, 0.15) is 0 Å². The van der Waals surface area contributed by atoms with Crippen LogP contribution in [0.3, 0.4) is 0 Å². The number of benzene rings is 1. The first-order valence-corrected chi connectivity index (χ1v) is 7.75. The Labute approximate surface area is 134 Å². The van der Waals surface area contributed by atoms with E-state index in [0.717, 1.165) is 17.7 Å². The standard InChI is InChI=1S/C18H18ClNO2/c1-18(2)9-15-13(16(21)10-18)8-12(17(22)20-15)7-11-5-3-4-6-14(11)19/h3-6,8H,7,9-10H2,1-2H3,(H,20,22). The molecule has 3 rings (SSSR count). The molecule has 114 valence electrons. The average Bonchev–Trinajstić information content (AvgIpc) is 2.41. The zero-order valence-corrected chi connectivity index (χ0v) is 13.5. The first-order chi connectivity index (χ1) is 10.4. The Morgan fingerprint density at radius 1 is 1.14 bits per heavy atom. The van der Waals surface area contributed by atoms with Gasteiger partial charge < -0.3 is 4.98 Å². The molecule has 22 heavy (non-hydrogen) atoms. The number of hydrogen-bond donors (Lipinski definition) is 1. The van der Waals surface area contributed by atoms with E-state index in [4.69, 9.17) is 11.6 Å². The molecule has 1 aromatic heterocycles. The highest BCUT2D eigenvalue weighted by atomic mass is 35.5. The molecule has 0 saturated heterocycles. The van der Waals surface area contributed by atoms with E-state index >= 15 is 0 Å². The van der Waals surface area contributed by atoms with Crippen LogP contribution in [0, 0.1) is 5.41 Å². The zero-order chi connectivity index (χ0) is 15.9.